The molecule has 1 aliphatic heterocycles. The van der Waals surface area contributed by atoms with E-state index in [0.29, 0.717) is 42.6 Å². The van der Waals surface area contributed by atoms with E-state index in [9.17, 15) is 12.8 Å². The molecule has 1 unspecified atom stereocenters. The predicted octanol–water partition coefficient (Wildman–Crippen LogP) is 4.89. The minimum absolute atomic E-state index is 0.105. The number of aromatic nitrogens is 1. The lowest BCUT2D eigenvalue weighted by molar-refractivity contribution is 0.0238. The van der Waals surface area contributed by atoms with Gasteiger partial charge in [0, 0.05) is 37.6 Å². The van der Waals surface area contributed by atoms with Crippen molar-refractivity contribution < 1.29 is 26.7 Å². The zero-order valence-electron chi connectivity index (χ0n) is 20.1. The summed E-state index contributed by atoms with van der Waals surface area (Å²) < 4.78 is 68.7. The van der Waals surface area contributed by atoms with E-state index in [0.717, 1.165) is 22.9 Å². The van der Waals surface area contributed by atoms with Gasteiger partial charge < -0.3 is 14.8 Å². The molecule has 2 heterocycles. The molecule has 0 aliphatic carbocycles. The Kier molecular flexibility index (Phi) is 7.59. The molecule has 3 aromatic rings. The van der Waals surface area contributed by atoms with Crippen LogP contribution >= 0.6 is 0 Å². The highest BCUT2D eigenvalue weighted by Gasteiger charge is 2.25. The largest absolute Gasteiger partial charge is 0.490 e. The van der Waals surface area contributed by atoms with Gasteiger partial charge in [-0.15, -0.1) is 0 Å². The van der Waals surface area contributed by atoms with Crippen molar-refractivity contribution in [3.05, 3.63) is 71.4 Å². The molecule has 2 aromatic carbocycles. The fourth-order valence-electron chi connectivity index (χ4n) is 4.31. The third-order valence-corrected chi connectivity index (χ3v) is 8.06. The molecule has 1 saturated heterocycles. The SMILES string of the molecule is CNCc1cc(-c2ccc(OC(C)C3CCOCC3)cc2F)n(S(=O)(=O)c2ccc(C)c(F)c2)c1. The summed E-state index contributed by atoms with van der Waals surface area (Å²) in [5.74, 6) is -0.529. The summed E-state index contributed by atoms with van der Waals surface area (Å²) in [6.45, 7) is 5.28. The van der Waals surface area contributed by atoms with Crippen LogP contribution in [0.5, 0.6) is 5.75 Å². The Morgan fingerprint density at radius 3 is 2.51 bits per heavy atom. The Morgan fingerprint density at radius 2 is 1.86 bits per heavy atom. The molecule has 4 rings (SSSR count). The van der Waals surface area contributed by atoms with Crippen molar-refractivity contribution in [2.75, 3.05) is 20.3 Å². The molecular formula is C26H30F2N2O4S. The average molecular weight is 505 g/mol. The van der Waals surface area contributed by atoms with Crippen LogP contribution < -0.4 is 10.1 Å². The molecule has 0 bridgehead atoms. The number of hydrogen-bond donors (Lipinski definition) is 1. The molecule has 9 heteroatoms. The lowest BCUT2D eigenvalue weighted by atomic mass is 9.95. The van der Waals surface area contributed by atoms with Crippen LogP contribution in [0.25, 0.3) is 11.3 Å². The first kappa shape index (κ1) is 25.3. The summed E-state index contributed by atoms with van der Waals surface area (Å²) in [6, 6.07) is 9.79. The van der Waals surface area contributed by atoms with E-state index in [1.54, 1.807) is 26.1 Å². The number of nitrogens with zero attached hydrogens (tertiary/aromatic N) is 1. The lowest BCUT2D eigenvalue weighted by Gasteiger charge is -2.28. The molecule has 0 saturated carbocycles. The highest BCUT2D eigenvalue weighted by molar-refractivity contribution is 7.90. The van der Waals surface area contributed by atoms with Gasteiger partial charge in [0.1, 0.15) is 17.4 Å². The molecule has 1 N–H and O–H groups in total. The smallest absolute Gasteiger partial charge is 0.268 e. The summed E-state index contributed by atoms with van der Waals surface area (Å²) >= 11 is 0. The first-order valence-corrected chi connectivity index (χ1v) is 13.1. The number of rotatable bonds is 8. The number of benzene rings is 2. The molecule has 188 valence electrons. The van der Waals surface area contributed by atoms with Gasteiger partial charge in [0.15, 0.2) is 0 Å². The standard InChI is InChI=1S/C26H30F2N2O4S/c1-17-4-6-22(14-24(17)27)35(31,32)30-16-19(15-29-3)12-26(30)23-7-5-21(13-25(23)28)34-18(2)20-8-10-33-11-9-20/h4-7,12-14,16,18,20,29H,8-11,15H2,1-3H3. The quantitative estimate of drug-likeness (QED) is 0.473. The van der Waals surface area contributed by atoms with Crippen LogP contribution in [-0.2, 0) is 21.3 Å². The van der Waals surface area contributed by atoms with E-state index >= 15 is 4.39 Å². The van der Waals surface area contributed by atoms with E-state index in [2.05, 4.69) is 5.32 Å². The summed E-state index contributed by atoms with van der Waals surface area (Å²) in [5, 5.41) is 2.97. The molecule has 1 aliphatic rings. The van der Waals surface area contributed by atoms with Crippen molar-refractivity contribution in [2.45, 2.75) is 44.2 Å². The summed E-state index contributed by atoms with van der Waals surface area (Å²) in [5.41, 5.74) is 1.24. The minimum atomic E-state index is -4.18. The highest BCUT2D eigenvalue weighted by atomic mass is 32.2. The lowest BCUT2D eigenvalue weighted by Crippen LogP contribution is -2.29. The summed E-state index contributed by atoms with van der Waals surface area (Å²) in [7, 11) is -2.45. The van der Waals surface area contributed by atoms with Gasteiger partial charge in [-0.2, -0.15) is 0 Å². The predicted molar refractivity (Wildman–Crippen MR) is 130 cm³/mol. The Hall–Kier alpha value is -2.75. The number of nitrogens with one attached hydrogen (secondary N) is 1. The van der Waals surface area contributed by atoms with Crippen LogP contribution in [0.4, 0.5) is 8.78 Å². The van der Waals surface area contributed by atoms with Crippen LogP contribution in [0.15, 0.2) is 53.6 Å². The van der Waals surface area contributed by atoms with Crippen LogP contribution in [0, 0.1) is 24.5 Å². The van der Waals surface area contributed by atoms with Crippen LogP contribution in [-0.4, -0.2) is 38.8 Å². The Balaban J connectivity index is 1.69. The van der Waals surface area contributed by atoms with Gasteiger partial charge in [0.05, 0.1) is 16.7 Å². The van der Waals surface area contributed by atoms with Crippen LogP contribution in [0.3, 0.4) is 0 Å². The number of hydrogen-bond acceptors (Lipinski definition) is 5. The van der Waals surface area contributed by atoms with E-state index < -0.39 is 21.7 Å². The maximum absolute atomic E-state index is 15.3. The molecule has 1 fully saturated rings. The monoisotopic (exact) mass is 504 g/mol. The van der Waals surface area contributed by atoms with Crippen LogP contribution in [0.1, 0.15) is 30.9 Å². The normalized spacial score (nSPS) is 15.8. The van der Waals surface area contributed by atoms with Gasteiger partial charge in [-0.3, -0.25) is 0 Å². The topological polar surface area (TPSA) is 69.6 Å². The third-order valence-electron chi connectivity index (χ3n) is 6.39. The van der Waals surface area contributed by atoms with Gasteiger partial charge in [-0.25, -0.2) is 21.2 Å². The molecule has 6 nitrogen and oxygen atoms in total. The van der Waals surface area contributed by atoms with Crippen molar-refractivity contribution >= 4 is 10.0 Å². The Bertz CT molecular complexity index is 1300. The fourth-order valence-corrected chi connectivity index (χ4v) is 5.72. The van der Waals surface area contributed by atoms with E-state index in [4.69, 9.17) is 9.47 Å². The number of ether oxygens (including phenoxy) is 2. The summed E-state index contributed by atoms with van der Waals surface area (Å²) in [6.07, 6.45) is 3.10. The Morgan fingerprint density at radius 1 is 1.11 bits per heavy atom. The third kappa shape index (κ3) is 5.42. The van der Waals surface area contributed by atoms with Crippen molar-refractivity contribution in [1.82, 2.24) is 9.29 Å². The molecule has 0 radical (unpaired) electrons. The zero-order chi connectivity index (χ0) is 25.2. The zero-order valence-corrected chi connectivity index (χ0v) is 20.9. The van der Waals surface area contributed by atoms with Gasteiger partial charge in [0.2, 0.25) is 0 Å². The second kappa shape index (κ2) is 10.5. The van der Waals surface area contributed by atoms with E-state index in [-0.39, 0.29) is 22.3 Å². The van der Waals surface area contributed by atoms with Gasteiger partial charge in [-0.05, 0) is 81.1 Å². The summed E-state index contributed by atoms with van der Waals surface area (Å²) in [4.78, 5) is -0.209. The molecule has 0 amide bonds. The minimum Gasteiger partial charge on any atom is -0.490 e. The maximum atomic E-state index is 15.3. The fraction of sp³-hybridized carbons (Fsp3) is 0.385. The molecule has 1 atom stereocenters. The molecule has 1 aromatic heterocycles. The van der Waals surface area contributed by atoms with Crippen LogP contribution in [0.2, 0.25) is 0 Å². The van der Waals surface area contributed by atoms with Crippen molar-refractivity contribution in [1.29, 1.82) is 0 Å². The molecule has 35 heavy (non-hydrogen) atoms. The molecule has 0 spiro atoms. The number of halogens is 2. The highest BCUT2D eigenvalue weighted by Crippen LogP contribution is 2.32. The van der Waals surface area contributed by atoms with Crippen molar-refractivity contribution in [3.8, 4) is 17.0 Å². The van der Waals surface area contributed by atoms with Crippen molar-refractivity contribution in [2.24, 2.45) is 5.92 Å². The first-order valence-electron chi connectivity index (χ1n) is 11.6. The number of aryl methyl sites for hydroxylation is 1. The van der Waals surface area contributed by atoms with Gasteiger partial charge in [-0.1, -0.05) is 6.07 Å². The Labute approximate surface area is 204 Å². The van der Waals surface area contributed by atoms with Gasteiger partial charge in [0.25, 0.3) is 10.0 Å². The second-order valence-electron chi connectivity index (χ2n) is 8.89. The van der Waals surface area contributed by atoms with E-state index in [1.165, 1.54) is 30.5 Å². The average Bonchev–Trinajstić information content (AvgIpc) is 3.26. The molecular weight excluding hydrogens is 474 g/mol. The first-order chi connectivity index (χ1) is 16.7. The van der Waals surface area contributed by atoms with Crippen molar-refractivity contribution in [3.63, 3.8) is 0 Å². The van der Waals surface area contributed by atoms with Gasteiger partial charge >= 0.3 is 0 Å². The second-order valence-corrected chi connectivity index (χ2v) is 10.7. The van der Waals surface area contributed by atoms with E-state index in [1.807, 2.05) is 6.92 Å². The maximum Gasteiger partial charge on any atom is 0.268 e.